The minimum absolute atomic E-state index is 0.186. The summed E-state index contributed by atoms with van der Waals surface area (Å²) in [6, 6.07) is 2.39. The molecule has 2 N–H and O–H groups in total. The number of ether oxygens (including phenoxy) is 1. The van der Waals surface area contributed by atoms with Crippen molar-refractivity contribution in [1.82, 2.24) is 0 Å². The fourth-order valence-electron chi connectivity index (χ4n) is 2.25. The van der Waals surface area contributed by atoms with Gasteiger partial charge in [-0.25, -0.2) is 0 Å². The molecule has 1 aliphatic heterocycles. The Balaban J connectivity index is 1.74. The lowest BCUT2D eigenvalue weighted by molar-refractivity contribution is 0.101. The molecule has 2 heterocycles. The molecule has 0 saturated carbocycles. The maximum absolute atomic E-state index is 6.21. The molecule has 17 heavy (non-hydrogen) atoms. The van der Waals surface area contributed by atoms with Crippen LogP contribution in [0.5, 0.6) is 0 Å². The lowest BCUT2D eigenvalue weighted by Gasteiger charge is -2.12. The van der Waals surface area contributed by atoms with E-state index in [0.29, 0.717) is 6.10 Å². The van der Waals surface area contributed by atoms with Gasteiger partial charge in [0, 0.05) is 17.5 Å². The van der Waals surface area contributed by atoms with Crippen LogP contribution >= 0.6 is 27.3 Å². The molecule has 0 aliphatic carbocycles. The van der Waals surface area contributed by atoms with Crippen molar-refractivity contribution in [2.24, 2.45) is 5.73 Å². The van der Waals surface area contributed by atoms with Gasteiger partial charge in [0.15, 0.2) is 0 Å². The van der Waals surface area contributed by atoms with E-state index in [1.54, 1.807) is 11.3 Å². The molecule has 96 valence electrons. The zero-order valence-corrected chi connectivity index (χ0v) is 12.6. The molecule has 0 bridgehead atoms. The Morgan fingerprint density at radius 3 is 3.06 bits per heavy atom. The molecule has 1 aliphatic rings. The van der Waals surface area contributed by atoms with Gasteiger partial charge in [0.05, 0.1) is 9.89 Å². The molecule has 2 rings (SSSR count). The van der Waals surface area contributed by atoms with Gasteiger partial charge in [0.2, 0.25) is 0 Å². The van der Waals surface area contributed by atoms with Crippen molar-refractivity contribution in [2.75, 3.05) is 6.61 Å². The van der Waals surface area contributed by atoms with Crippen LogP contribution in [-0.4, -0.2) is 12.7 Å². The Kier molecular flexibility index (Phi) is 5.03. The Bertz CT molecular complexity index is 341. The van der Waals surface area contributed by atoms with Crippen molar-refractivity contribution in [1.29, 1.82) is 0 Å². The topological polar surface area (TPSA) is 35.2 Å². The summed E-state index contributed by atoms with van der Waals surface area (Å²) < 4.78 is 6.83. The molecule has 2 atom stereocenters. The number of halogens is 1. The summed E-state index contributed by atoms with van der Waals surface area (Å²) in [7, 11) is 0. The molecule has 1 aromatic rings. The zero-order valence-electron chi connectivity index (χ0n) is 10.2. The number of thiophene rings is 1. The van der Waals surface area contributed by atoms with Gasteiger partial charge in [-0.1, -0.05) is 0 Å². The molecule has 2 nitrogen and oxygen atoms in total. The van der Waals surface area contributed by atoms with Crippen molar-refractivity contribution in [3.63, 3.8) is 0 Å². The van der Waals surface area contributed by atoms with Gasteiger partial charge in [-0.15, -0.1) is 11.3 Å². The minimum atomic E-state index is 0.186. The van der Waals surface area contributed by atoms with Crippen LogP contribution in [-0.2, 0) is 4.74 Å². The third-order valence-electron chi connectivity index (χ3n) is 3.31. The average Bonchev–Trinajstić information content (AvgIpc) is 2.90. The SMILES string of the molecule is Cc1cc(C(N)CCCC2CCCO2)sc1Br. The lowest BCUT2D eigenvalue weighted by Crippen LogP contribution is -2.11. The molecule has 1 saturated heterocycles. The summed E-state index contributed by atoms with van der Waals surface area (Å²) in [5.41, 5.74) is 7.50. The van der Waals surface area contributed by atoms with Gasteiger partial charge >= 0.3 is 0 Å². The monoisotopic (exact) mass is 317 g/mol. The van der Waals surface area contributed by atoms with Crippen LogP contribution in [0.1, 0.15) is 48.6 Å². The summed E-state index contributed by atoms with van der Waals surface area (Å²) in [6.07, 6.45) is 6.36. The standard InChI is InChI=1S/C13H20BrNOS/c1-9-8-12(17-13(9)14)11(15)6-2-4-10-5-3-7-16-10/h8,10-11H,2-7,15H2,1H3. The molecule has 0 amide bonds. The first-order valence-electron chi connectivity index (χ1n) is 6.30. The van der Waals surface area contributed by atoms with Crippen LogP contribution in [0.4, 0.5) is 0 Å². The van der Waals surface area contributed by atoms with E-state index in [1.165, 1.54) is 39.9 Å². The molecule has 1 aromatic heterocycles. The van der Waals surface area contributed by atoms with Crippen molar-refractivity contribution in [3.05, 3.63) is 20.3 Å². The maximum atomic E-state index is 6.21. The summed E-state index contributed by atoms with van der Waals surface area (Å²) in [5.74, 6) is 0. The minimum Gasteiger partial charge on any atom is -0.378 e. The summed E-state index contributed by atoms with van der Waals surface area (Å²) in [6.45, 7) is 3.07. The van der Waals surface area contributed by atoms with E-state index in [9.17, 15) is 0 Å². The first-order chi connectivity index (χ1) is 8.16. The number of aryl methyl sites for hydroxylation is 1. The number of nitrogens with two attached hydrogens (primary N) is 1. The van der Waals surface area contributed by atoms with Gasteiger partial charge in [-0.05, 0) is 66.6 Å². The van der Waals surface area contributed by atoms with Crippen molar-refractivity contribution in [2.45, 2.75) is 51.2 Å². The van der Waals surface area contributed by atoms with E-state index in [-0.39, 0.29) is 6.04 Å². The molecule has 2 unspecified atom stereocenters. The lowest BCUT2D eigenvalue weighted by atomic mass is 10.0. The average molecular weight is 318 g/mol. The number of hydrogen-bond donors (Lipinski definition) is 1. The highest BCUT2D eigenvalue weighted by atomic mass is 79.9. The van der Waals surface area contributed by atoms with E-state index >= 15 is 0 Å². The van der Waals surface area contributed by atoms with Crippen LogP contribution in [0.2, 0.25) is 0 Å². The predicted octanol–water partition coefficient (Wildman–Crippen LogP) is 4.17. The van der Waals surface area contributed by atoms with Gasteiger partial charge in [-0.2, -0.15) is 0 Å². The Morgan fingerprint density at radius 1 is 1.65 bits per heavy atom. The van der Waals surface area contributed by atoms with Gasteiger partial charge in [0.1, 0.15) is 0 Å². The highest BCUT2D eigenvalue weighted by molar-refractivity contribution is 9.11. The van der Waals surface area contributed by atoms with E-state index in [4.69, 9.17) is 10.5 Å². The highest BCUT2D eigenvalue weighted by Crippen LogP contribution is 2.32. The first kappa shape index (κ1) is 13.5. The molecular formula is C13H20BrNOS. The molecule has 0 spiro atoms. The van der Waals surface area contributed by atoms with E-state index < -0.39 is 0 Å². The number of rotatable bonds is 5. The summed E-state index contributed by atoms with van der Waals surface area (Å²) in [4.78, 5) is 1.29. The van der Waals surface area contributed by atoms with Crippen LogP contribution in [0.25, 0.3) is 0 Å². The molecule has 0 radical (unpaired) electrons. The Morgan fingerprint density at radius 2 is 2.47 bits per heavy atom. The van der Waals surface area contributed by atoms with E-state index in [2.05, 4.69) is 28.9 Å². The Hall–Kier alpha value is 0.100. The zero-order chi connectivity index (χ0) is 12.3. The van der Waals surface area contributed by atoms with Crippen LogP contribution in [0, 0.1) is 6.92 Å². The second-order valence-electron chi connectivity index (χ2n) is 4.78. The van der Waals surface area contributed by atoms with Crippen molar-refractivity contribution in [3.8, 4) is 0 Å². The molecule has 4 heteroatoms. The van der Waals surface area contributed by atoms with Crippen LogP contribution in [0.3, 0.4) is 0 Å². The van der Waals surface area contributed by atoms with Crippen molar-refractivity contribution >= 4 is 27.3 Å². The second kappa shape index (κ2) is 6.32. The quantitative estimate of drug-likeness (QED) is 0.884. The molecule has 1 fully saturated rings. The van der Waals surface area contributed by atoms with Gasteiger partial charge in [-0.3, -0.25) is 0 Å². The molecular weight excluding hydrogens is 298 g/mol. The van der Waals surface area contributed by atoms with E-state index in [0.717, 1.165) is 13.0 Å². The van der Waals surface area contributed by atoms with Crippen molar-refractivity contribution < 1.29 is 4.74 Å². The smallest absolute Gasteiger partial charge is 0.0731 e. The summed E-state index contributed by atoms with van der Waals surface area (Å²) in [5, 5.41) is 0. The van der Waals surface area contributed by atoms with Crippen LogP contribution in [0.15, 0.2) is 9.85 Å². The fraction of sp³-hybridized carbons (Fsp3) is 0.692. The van der Waals surface area contributed by atoms with E-state index in [1.807, 2.05) is 0 Å². The normalized spacial score (nSPS) is 21.9. The van der Waals surface area contributed by atoms with Gasteiger partial charge in [0.25, 0.3) is 0 Å². The maximum Gasteiger partial charge on any atom is 0.0731 e. The second-order valence-corrected chi connectivity index (χ2v) is 7.18. The van der Waals surface area contributed by atoms with Crippen LogP contribution < -0.4 is 5.73 Å². The Labute approximate surface area is 116 Å². The largest absolute Gasteiger partial charge is 0.378 e. The molecule has 0 aromatic carbocycles. The highest BCUT2D eigenvalue weighted by Gasteiger charge is 2.16. The third kappa shape index (κ3) is 3.78. The predicted molar refractivity (Wildman–Crippen MR) is 76.5 cm³/mol. The third-order valence-corrected chi connectivity index (χ3v) is 5.58. The first-order valence-corrected chi connectivity index (χ1v) is 7.91. The number of hydrogen-bond acceptors (Lipinski definition) is 3. The fourth-order valence-corrected chi connectivity index (χ4v) is 3.85. The summed E-state index contributed by atoms with van der Waals surface area (Å²) >= 11 is 5.31. The van der Waals surface area contributed by atoms with Gasteiger partial charge < -0.3 is 10.5 Å².